The summed E-state index contributed by atoms with van der Waals surface area (Å²) in [4.78, 5) is 25.2. The number of allylic oxidation sites excluding steroid dienone is 4. The molecule has 0 aromatic carbocycles. The standard InChI is InChI=1S/C23H32O5S/c1-14(28-29(4,26)27)21(25)23(3)12-10-20-19-7-5-15-13-16(24)6-8-17(15)18(19)9-11-22(20,23)2/h13-14,19-20H,5-12H2,1-4H3/t14-,19-,20+,22+,23-/m1/s1. The Labute approximate surface area is 174 Å². The average Bonchev–Trinajstić information content (AvgIpc) is 2.91. The van der Waals surface area contributed by atoms with Crippen molar-refractivity contribution >= 4 is 21.7 Å². The van der Waals surface area contributed by atoms with Crippen LogP contribution in [-0.4, -0.2) is 32.3 Å². The number of rotatable bonds is 4. The second-order valence-corrected chi connectivity index (χ2v) is 11.6. The normalized spacial score (nSPS) is 38.1. The van der Waals surface area contributed by atoms with Crippen molar-refractivity contribution < 1.29 is 22.2 Å². The van der Waals surface area contributed by atoms with E-state index >= 15 is 0 Å². The van der Waals surface area contributed by atoms with Crippen LogP contribution in [0.25, 0.3) is 0 Å². The smallest absolute Gasteiger partial charge is 0.265 e. The van der Waals surface area contributed by atoms with E-state index in [1.54, 1.807) is 6.92 Å². The molecule has 0 aliphatic heterocycles. The molecule has 0 heterocycles. The van der Waals surface area contributed by atoms with Crippen molar-refractivity contribution in [2.45, 2.75) is 78.2 Å². The maximum Gasteiger partial charge on any atom is 0.265 e. The molecule has 29 heavy (non-hydrogen) atoms. The lowest BCUT2D eigenvalue weighted by Gasteiger charge is -2.52. The second kappa shape index (κ2) is 6.88. The molecule has 0 spiro atoms. The van der Waals surface area contributed by atoms with Crippen molar-refractivity contribution in [2.24, 2.45) is 22.7 Å². The van der Waals surface area contributed by atoms with Crippen molar-refractivity contribution in [1.29, 1.82) is 0 Å². The third kappa shape index (κ3) is 3.27. The highest BCUT2D eigenvalue weighted by molar-refractivity contribution is 7.86. The SMILES string of the molecule is C[C@@H](OS(C)(=O)=O)C(=O)[C@@]1(C)CC[C@H]2[C@@H]3CCC4=CC(=O)CCC4=C3CC[C@@]21C. The summed E-state index contributed by atoms with van der Waals surface area (Å²) in [6.45, 7) is 5.84. The van der Waals surface area contributed by atoms with Gasteiger partial charge in [0.25, 0.3) is 10.1 Å². The lowest BCUT2D eigenvalue weighted by atomic mass is 9.51. The van der Waals surface area contributed by atoms with Crippen LogP contribution in [-0.2, 0) is 23.9 Å². The molecule has 5 nitrogen and oxygen atoms in total. The van der Waals surface area contributed by atoms with E-state index in [9.17, 15) is 18.0 Å². The largest absolute Gasteiger partial charge is 0.296 e. The fraction of sp³-hybridized carbons (Fsp3) is 0.739. The zero-order valence-corrected chi connectivity index (χ0v) is 18.7. The van der Waals surface area contributed by atoms with E-state index in [-0.39, 0.29) is 17.0 Å². The summed E-state index contributed by atoms with van der Waals surface area (Å²) >= 11 is 0. The van der Waals surface area contributed by atoms with Crippen LogP contribution in [0.3, 0.4) is 0 Å². The zero-order valence-electron chi connectivity index (χ0n) is 17.9. The summed E-state index contributed by atoms with van der Waals surface area (Å²) in [5.74, 6) is 1.08. The Bertz CT molecular complexity index is 927. The van der Waals surface area contributed by atoms with Gasteiger partial charge in [0.15, 0.2) is 11.6 Å². The molecule has 2 saturated carbocycles. The van der Waals surface area contributed by atoms with Crippen LogP contribution in [0.5, 0.6) is 0 Å². The third-order valence-corrected chi connectivity index (χ3v) is 9.21. The predicted molar refractivity (Wildman–Crippen MR) is 111 cm³/mol. The van der Waals surface area contributed by atoms with Crippen LogP contribution in [0, 0.1) is 22.7 Å². The number of fused-ring (bicyclic) bond motifs is 4. The molecule has 0 aromatic heterocycles. The zero-order chi connectivity index (χ0) is 21.2. The summed E-state index contributed by atoms with van der Waals surface area (Å²) < 4.78 is 28.2. The summed E-state index contributed by atoms with van der Waals surface area (Å²) in [5.41, 5.74) is 3.49. The Morgan fingerprint density at radius 2 is 1.86 bits per heavy atom. The molecule has 160 valence electrons. The Hall–Kier alpha value is -1.27. The van der Waals surface area contributed by atoms with Gasteiger partial charge in [-0.2, -0.15) is 8.42 Å². The lowest BCUT2D eigenvalue weighted by Crippen LogP contribution is -2.50. The first kappa shape index (κ1) is 21.0. The van der Waals surface area contributed by atoms with Crippen LogP contribution in [0.4, 0.5) is 0 Å². The Balaban J connectivity index is 1.65. The highest BCUT2D eigenvalue weighted by Gasteiger charge is 2.62. The van der Waals surface area contributed by atoms with Crippen molar-refractivity contribution in [1.82, 2.24) is 0 Å². The van der Waals surface area contributed by atoms with Crippen molar-refractivity contribution in [3.8, 4) is 0 Å². The van der Waals surface area contributed by atoms with E-state index in [1.807, 2.05) is 13.0 Å². The van der Waals surface area contributed by atoms with E-state index in [2.05, 4.69) is 6.92 Å². The molecule has 4 rings (SSSR count). The molecule has 0 bridgehead atoms. The van der Waals surface area contributed by atoms with Crippen LogP contribution in [0.15, 0.2) is 22.8 Å². The van der Waals surface area contributed by atoms with E-state index < -0.39 is 21.6 Å². The van der Waals surface area contributed by atoms with Crippen molar-refractivity contribution in [3.63, 3.8) is 0 Å². The van der Waals surface area contributed by atoms with Gasteiger partial charge in [-0.3, -0.25) is 13.8 Å². The minimum atomic E-state index is -3.67. The molecule has 6 heteroatoms. The summed E-state index contributed by atoms with van der Waals surface area (Å²) in [5, 5.41) is 0. The molecule has 0 saturated heterocycles. The molecule has 4 aliphatic carbocycles. The third-order valence-electron chi connectivity index (χ3n) is 8.57. The number of carbonyl (C=O) groups excluding carboxylic acids is 2. The Kier molecular flexibility index (Phi) is 4.97. The summed E-state index contributed by atoms with van der Waals surface area (Å²) in [6, 6.07) is 0. The number of Topliss-reactive ketones (excluding diaryl/α,β-unsaturated/α-hetero) is 1. The van der Waals surface area contributed by atoms with Gasteiger partial charge in [0.05, 0.1) is 6.26 Å². The van der Waals surface area contributed by atoms with Gasteiger partial charge >= 0.3 is 0 Å². The van der Waals surface area contributed by atoms with E-state index in [1.165, 1.54) is 16.7 Å². The average molecular weight is 421 g/mol. The van der Waals surface area contributed by atoms with Crippen LogP contribution >= 0.6 is 0 Å². The quantitative estimate of drug-likeness (QED) is 0.639. The predicted octanol–water partition coefficient (Wildman–Crippen LogP) is 4.13. The minimum absolute atomic E-state index is 0.0799. The van der Waals surface area contributed by atoms with Gasteiger partial charge in [-0.15, -0.1) is 0 Å². The first-order chi connectivity index (χ1) is 13.5. The van der Waals surface area contributed by atoms with Crippen molar-refractivity contribution in [2.75, 3.05) is 6.26 Å². The summed E-state index contributed by atoms with van der Waals surface area (Å²) in [6.07, 6.45) is 9.09. The van der Waals surface area contributed by atoms with Gasteiger partial charge in [-0.1, -0.05) is 19.4 Å². The van der Waals surface area contributed by atoms with Gasteiger partial charge in [0, 0.05) is 11.8 Å². The highest BCUT2D eigenvalue weighted by atomic mass is 32.2. The molecule has 0 aromatic rings. The maximum absolute atomic E-state index is 13.4. The first-order valence-corrected chi connectivity index (χ1v) is 12.7. The molecule has 0 amide bonds. The fourth-order valence-electron chi connectivity index (χ4n) is 6.96. The number of hydrogen-bond donors (Lipinski definition) is 0. The van der Waals surface area contributed by atoms with E-state index in [0.717, 1.165) is 51.2 Å². The molecule has 4 aliphatic rings. The molecular formula is C23H32O5S. The minimum Gasteiger partial charge on any atom is -0.296 e. The van der Waals surface area contributed by atoms with Crippen molar-refractivity contribution in [3.05, 3.63) is 22.8 Å². The van der Waals surface area contributed by atoms with Gasteiger partial charge in [-0.05, 0) is 86.3 Å². The molecule has 0 N–H and O–H groups in total. The monoisotopic (exact) mass is 420 g/mol. The first-order valence-electron chi connectivity index (χ1n) is 10.8. The molecule has 2 fully saturated rings. The molecular weight excluding hydrogens is 388 g/mol. The molecule has 5 atom stereocenters. The number of hydrogen-bond acceptors (Lipinski definition) is 5. The van der Waals surface area contributed by atoms with Gasteiger partial charge in [0.1, 0.15) is 6.10 Å². The van der Waals surface area contributed by atoms with E-state index in [0.29, 0.717) is 18.3 Å². The van der Waals surface area contributed by atoms with E-state index in [4.69, 9.17) is 4.18 Å². The van der Waals surface area contributed by atoms with Crippen LogP contribution in [0.1, 0.15) is 72.1 Å². The summed E-state index contributed by atoms with van der Waals surface area (Å²) in [7, 11) is -3.67. The maximum atomic E-state index is 13.4. The van der Waals surface area contributed by atoms with Gasteiger partial charge < -0.3 is 0 Å². The van der Waals surface area contributed by atoms with Gasteiger partial charge in [-0.25, -0.2) is 0 Å². The molecule has 0 unspecified atom stereocenters. The fourth-order valence-corrected chi connectivity index (χ4v) is 7.57. The number of carbonyl (C=O) groups is 2. The lowest BCUT2D eigenvalue weighted by molar-refractivity contribution is -0.142. The highest BCUT2D eigenvalue weighted by Crippen LogP contribution is 2.67. The molecule has 0 radical (unpaired) electrons. The van der Waals surface area contributed by atoms with Crippen LogP contribution < -0.4 is 0 Å². The second-order valence-electron chi connectivity index (χ2n) is 9.99. The van der Waals surface area contributed by atoms with Gasteiger partial charge in [0.2, 0.25) is 0 Å². The van der Waals surface area contributed by atoms with Crippen LogP contribution in [0.2, 0.25) is 0 Å². The Morgan fingerprint density at radius 3 is 2.55 bits per heavy atom. The topological polar surface area (TPSA) is 77.5 Å². The number of ketones is 2. The Morgan fingerprint density at radius 1 is 1.14 bits per heavy atom.